The number of nitrogens with two attached hydrogens (primary N) is 1. The Kier molecular flexibility index (Phi) is 4.75. The lowest BCUT2D eigenvalue weighted by atomic mass is 9.93. The van der Waals surface area contributed by atoms with Gasteiger partial charge in [0.25, 0.3) is 0 Å². The summed E-state index contributed by atoms with van der Waals surface area (Å²) in [7, 11) is 0. The molecule has 0 bridgehead atoms. The quantitative estimate of drug-likeness (QED) is 0.853. The molecule has 1 aromatic carbocycles. The van der Waals surface area contributed by atoms with Crippen LogP contribution in [0.1, 0.15) is 36.4 Å². The molecule has 0 saturated carbocycles. The van der Waals surface area contributed by atoms with Gasteiger partial charge in [0, 0.05) is 30.7 Å². The van der Waals surface area contributed by atoms with E-state index in [1.54, 1.807) is 6.92 Å². The zero-order chi connectivity index (χ0) is 19.1. The number of hydrogen-bond acceptors (Lipinski definition) is 5. The minimum absolute atomic E-state index is 0.0318. The van der Waals surface area contributed by atoms with Crippen LogP contribution in [0.4, 0.5) is 13.6 Å². The Morgan fingerprint density at radius 2 is 2.22 bits per heavy atom. The first kappa shape index (κ1) is 18.1. The summed E-state index contributed by atoms with van der Waals surface area (Å²) in [4.78, 5) is 14.0. The summed E-state index contributed by atoms with van der Waals surface area (Å²) in [6.45, 7) is 3.67. The summed E-state index contributed by atoms with van der Waals surface area (Å²) in [6.07, 6.45) is -0.511. The number of nitrogens with one attached hydrogen (secondary N) is 1. The summed E-state index contributed by atoms with van der Waals surface area (Å²) < 4.78 is 39.7. The second-order valence-corrected chi connectivity index (χ2v) is 6.95. The van der Waals surface area contributed by atoms with Crippen molar-refractivity contribution in [2.45, 2.75) is 44.6 Å². The normalized spacial score (nSPS) is 25.6. The maximum atomic E-state index is 14.0. The maximum absolute atomic E-state index is 14.0. The second-order valence-electron chi connectivity index (χ2n) is 6.95. The Morgan fingerprint density at radius 1 is 1.41 bits per heavy atom. The van der Waals surface area contributed by atoms with Gasteiger partial charge in [-0.2, -0.15) is 4.68 Å². The van der Waals surface area contributed by atoms with Crippen LogP contribution in [0.5, 0.6) is 0 Å². The van der Waals surface area contributed by atoms with Crippen LogP contribution < -0.4 is 5.73 Å². The highest BCUT2D eigenvalue weighted by Crippen LogP contribution is 2.34. The molecule has 0 radical (unpaired) electrons. The summed E-state index contributed by atoms with van der Waals surface area (Å²) in [5.41, 5.74) is 8.26. The third-order valence-electron chi connectivity index (χ3n) is 5.21. The molecule has 2 aliphatic rings. The van der Waals surface area contributed by atoms with E-state index in [2.05, 4.69) is 10.00 Å². The number of benzene rings is 1. The van der Waals surface area contributed by atoms with Crippen molar-refractivity contribution in [1.29, 1.82) is 0 Å². The lowest BCUT2D eigenvalue weighted by molar-refractivity contribution is -0.0531. The Balaban J connectivity index is 1.41. The molecule has 27 heavy (non-hydrogen) atoms. The molecule has 4 rings (SSSR count). The third kappa shape index (κ3) is 3.26. The number of nitrogens with zero attached hydrogens (tertiary/aromatic N) is 2. The van der Waals surface area contributed by atoms with Gasteiger partial charge in [-0.15, -0.1) is 0 Å². The minimum Gasteiger partial charge on any atom is -0.448 e. The molecule has 3 heterocycles. The second kappa shape index (κ2) is 7.06. The van der Waals surface area contributed by atoms with Gasteiger partial charge in [-0.05, 0) is 31.5 Å². The fraction of sp³-hybridized carbons (Fsp3) is 0.500. The minimum atomic E-state index is -0.675. The fourth-order valence-corrected chi connectivity index (χ4v) is 3.85. The molecule has 0 spiro atoms. The summed E-state index contributed by atoms with van der Waals surface area (Å²) >= 11 is 0. The van der Waals surface area contributed by atoms with Crippen LogP contribution in [-0.4, -0.2) is 46.1 Å². The fourth-order valence-electron chi connectivity index (χ4n) is 3.85. The SMILES string of the molecule is CCOC(=O)n1[nH]c2c1CN([C@H]1CO[C@H](c3cc(F)ccc3F)[C@@H](N)C1)C2. The van der Waals surface area contributed by atoms with Crippen LogP contribution in [0.15, 0.2) is 18.2 Å². The molecule has 0 aliphatic carbocycles. The van der Waals surface area contributed by atoms with Crippen molar-refractivity contribution in [3.63, 3.8) is 0 Å². The molecule has 146 valence electrons. The Bertz CT molecular complexity index is 850. The molecule has 1 fully saturated rings. The number of carbonyl (C=O) groups is 1. The highest BCUT2D eigenvalue weighted by Gasteiger charge is 2.38. The molecule has 9 heteroatoms. The van der Waals surface area contributed by atoms with Crippen LogP contribution in [0.3, 0.4) is 0 Å². The van der Waals surface area contributed by atoms with Crippen molar-refractivity contribution in [1.82, 2.24) is 14.7 Å². The summed E-state index contributed by atoms with van der Waals surface area (Å²) in [5, 5.41) is 2.99. The molecule has 3 N–H and O–H groups in total. The van der Waals surface area contributed by atoms with Crippen molar-refractivity contribution in [2.75, 3.05) is 13.2 Å². The predicted molar refractivity (Wildman–Crippen MR) is 91.9 cm³/mol. The van der Waals surface area contributed by atoms with Gasteiger partial charge in [0.15, 0.2) is 0 Å². The highest BCUT2D eigenvalue weighted by atomic mass is 19.1. The number of hydrogen-bond donors (Lipinski definition) is 2. The lowest BCUT2D eigenvalue weighted by Gasteiger charge is -2.38. The van der Waals surface area contributed by atoms with Gasteiger partial charge in [0.2, 0.25) is 0 Å². The number of halogens is 2. The number of ether oxygens (including phenoxy) is 2. The molecule has 3 atom stereocenters. The first-order chi connectivity index (χ1) is 13.0. The van der Waals surface area contributed by atoms with Gasteiger partial charge < -0.3 is 15.2 Å². The number of rotatable bonds is 3. The van der Waals surface area contributed by atoms with Crippen LogP contribution in [-0.2, 0) is 22.6 Å². The Labute approximate surface area is 155 Å². The van der Waals surface area contributed by atoms with Crippen molar-refractivity contribution >= 4 is 6.09 Å². The zero-order valence-corrected chi connectivity index (χ0v) is 15.0. The first-order valence-electron chi connectivity index (χ1n) is 8.99. The molecule has 1 aromatic heterocycles. The molecule has 1 saturated heterocycles. The maximum Gasteiger partial charge on any atom is 0.433 e. The number of aromatic nitrogens is 2. The van der Waals surface area contributed by atoms with Gasteiger partial charge in [-0.3, -0.25) is 10.00 Å². The smallest absolute Gasteiger partial charge is 0.433 e. The Hall–Kier alpha value is -2.23. The van der Waals surface area contributed by atoms with Crippen molar-refractivity contribution < 1.29 is 23.0 Å². The first-order valence-corrected chi connectivity index (χ1v) is 8.99. The van der Waals surface area contributed by atoms with Crippen LogP contribution in [0, 0.1) is 11.6 Å². The zero-order valence-electron chi connectivity index (χ0n) is 15.0. The molecule has 7 nitrogen and oxygen atoms in total. The van der Waals surface area contributed by atoms with E-state index in [-0.39, 0.29) is 11.6 Å². The van der Waals surface area contributed by atoms with Crippen molar-refractivity contribution in [2.24, 2.45) is 5.73 Å². The van der Waals surface area contributed by atoms with E-state index in [1.165, 1.54) is 4.68 Å². The number of carbonyl (C=O) groups excluding carboxylic acids is 1. The lowest BCUT2D eigenvalue weighted by Crippen LogP contribution is -2.47. The standard InChI is InChI=1S/C18H22F2N4O3/c1-2-26-18(25)24-16-8-23(7-15(16)22-24)11-6-14(21)17(27-9-11)12-5-10(19)3-4-13(12)20/h3-5,11,14,17,22H,2,6-9,21H2,1H3/t11-,14+,17-/m1/s1. The number of H-pyrrole nitrogens is 1. The van der Waals surface area contributed by atoms with E-state index < -0.39 is 29.9 Å². The Morgan fingerprint density at radius 3 is 2.96 bits per heavy atom. The molecular formula is C18H22F2N4O3. The van der Waals surface area contributed by atoms with Gasteiger partial charge in [0.1, 0.15) is 17.7 Å². The molecule has 0 amide bonds. The van der Waals surface area contributed by atoms with E-state index >= 15 is 0 Å². The predicted octanol–water partition coefficient (Wildman–Crippen LogP) is 2.27. The topological polar surface area (TPSA) is 85.5 Å². The van der Waals surface area contributed by atoms with Gasteiger partial charge in [-0.25, -0.2) is 13.6 Å². The summed E-state index contributed by atoms with van der Waals surface area (Å²) in [6, 6.07) is 2.88. The van der Waals surface area contributed by atoms with Gasteiger partial charge in [-0.1, -0.05) is 0 Å². The molecule has 0 unspecified atom stereocenters. The monoisotopic (exact) mass is 380 g/mol. The average molecular weight is 380 g/mol. The summed E-state index contributed by atoms with van der Waals surface area (Å²) in [5.74, 6) is -1.03. The van der Waals surface area contributed by atoms with Crippen LogP contribution in [0.2, 0.25) is 0 Å². The van der Waals surface area contributed by atoms with Crippen molar-refractivity contribution in [3.8, 4) is 0 Å². The largest absolute Gasteiger partial charge is 0.448 e. The average Bonchev–Trinajstić information content (AvgIpc) is 2.94. The van der Waals surface area contributed by atoms with Gasteiger partial charge in [0.05, 0.1) is 24.6 Å². The van der Waals surface area contributed by atoms with Crippen molar-refractivity contribution in [3.05, 3.63) is 46.8 Å². The molecule has 2 aliphatic heterocycles. The highest BCUT2D eigenvalue weighted by molar-refractivity contribution is 5.71. The van der Waals surface area contributed by atoms with E-state index in [0.29, 0.717) is 32.7 Å². The van der Waals surface area contributed by atoms with E-state index in [4.69, 9.17) is 15.2 Å². The molecule has 2 aromatic rings. The number of aromatic amines is 1. The van der Waals surface area contributed by atoms with E-state index in [9.17, 15) is 13.6 Å². The van der Waals surface area contributed by atoms with Gasteiger partial charge >= 0.3 is 6.09 Å². The number of fused-ring (bicyclic) bond motifs is 1. The van der Waals surface area contributed by atoms with Crippen LogP contribution >= 0.6 is 0 Å². The van der Waals surface area contributed by atoms with E-state index in [0.717, 1.165) is 29.6 Å². The van der Waals surface area contributed by atoms with Crippen LogP contribution in [0.25, 0.3) is 0 Å². The third-order valence-corrected chi connectivity index (χ3v) is 5.21. The molecular weight excluding hydrogens is 358 g/mol. The van der Waals surface area contributed by atoms with E-state index in [1.807, 2.05) is 0 Å².